The van der Waals surface area contributed by atoms with Crippen LogP contribution in [0.2, 0.25) is 0 Å². The lowest BCUT2D eigenvalue weighted by Crippen LogP contribution is -2.37. The first-order valence-electron chi connectivity index (χ1n) is 7.42. The summed E-state index contributed by atoms with van der Waals surface area (Å²) in [6, 6.07) is 1.47. The van der Waals surface area contributed by atoms with Gasteiger partial charge in [-0.05, 0) is 12.5 Å². The van der Waals surface area contributed by atoms with Crippen LogP contribution in [-0.4, -0.2) is 45.8 Å². The molecular formula is C15H22N4O2. The van der Waals surface area contributed by atoms with Crippen molar-refractivity contribution >= 4 is 11.8 Å². The number of hydrogen-bond acceptors (Lipinski definition) is 4. The van der Waals surface area contributed by atoms with E-state index in [1.54, 1.807) is 17.2 Å². The lowest BCUT2D eigenvalue weighted by Gasteiger charge is -2.16. The minimum absolute atomic E-state index is 0.104. The van der Waals surface area contributed by atoms with Gasteiger partial charge in [0, 0.05) is 31.6 Å². The van der Waals surface area contributed by atoms with E-state index in [0.29, 0.717) is 24.5 Å². The quantitative estimate of drug-likeness (QED) is 0.888. The molecule has 0 spiro atoms. The first kappa shape index (κ1) is 15.4. The van der Waals surface area contributed by atoms with Crippen LogP contribution in [0.4, 0.5) is 0 Å². The van der Waals surface area contributed by atoms with Crippen molar-refractivity contribution in [2.75, 3.05) is 13.1 Å². The Bertz CT molecular complexity index is 530. The lowest BCUT2D eigenvalue weighted by atomic mass is 10.2. The average molecular weight is 290 g/mol. The Hall–Kier alpha value is -1.98. The highest BCUT2D eigenvalue weighted by Gasteiger charge is 2.30. The third-order valence-corrected chi connectivity index (χ3v) is 3.47. The van der Waals surface area contributed by atoms with Crippen LogP contribution in [0, 0.1) is 0 Å². The third kappa shape index (κ3) is 3.77. The number of nitrogens with zero attached hydrogens (tertiary/aromatic N) is 3. The van der Waals surface area contributed by atoms with E-state index in [2.05, 4.69) is 15.3 Å². The molecule has 0 bridgehead atoms. The van der Waals surface area contributed by atoms with Gasteiger partial charge in [-0.25, -0.2) is 9.97 Å². The molecule has 2 rings (SSSR count). The zero-order valence-electron chi connectivity index (χ0n) is 12.8. The van der Waals surface area contributed by atoms with Crippen molar-refractivity contribution in [2.24, 2.45) is 0 Å². The maximum atomic E-state index is 12.2. The predicted octanol–water partition coefficient (Wildman–Crippen LogP) is 1.34. The minimum Gasteiger partial charge on any atom is -0.346 e. The summed E-state index contributed by atoms with van der Waals surface area (Å²) in [6.45, 7) is 7.33. The fraction of sp³-hybridized carbons (Fsp3) is 0.600. The van der Waals surface area contributed by atoms with Gasteiger partial charge in [0.25, 0.3) is 5.91 Å². The molecule has 1 atom stereocenters. The summed E-state index contributed by atoms with van der Waals surface area (Å²) in [6.07, 6.45) is 2.89. The molecule has 0 aliphatic carbocycles. The van der Waals surface area contributed by atoms with Gasteiger partial charge in [0.2, 0.25) is 5.91 Å². The minimum atomic E-state index is -0.240. The van der Waals surface area contributed by atoms with Gasteiger partial charge in [-0.15, -0.1) is 0 Å². The Balaban J connectivity index is 1.99. The maximum Gasteiger partial charge on any atom is 0.270 e. The van der Waals surface area contributed by atoms with Crippen LogP contribution in [0.1, 0.15) is 55.8 Å². The molecule has 1 N–H and O–H groups in total. The van der Waals surface area contributed by atoms with Crippen LogP contribution in [0.25, 0.3) is 0 Å². The summed E-state index contributed by atoms with van der Waals surface area (Å²) >= 11 is 0. The monoisotopic (exact) mass is 290 g/mol. The highest BCUT2D eigenvalue weighted by atomic mass is 16.2. The fourth-order valence-corrected chi connectivity index (χ4v) is 2.39. The van der Waals surface area contributed by atoms with Crippen molar-refractivity contribution in [1.29, 1.82) is 0 Å². The predicted molar refractivity (Wildman–Crippen MR) is 78.9 cm³/mol. The molecule has 1 aromatic rings. The average Bonchev–Trinajstić information content (AvgIpc) is 2.79. The van der Waals surface area contributed by atoms with Crippen molar-refractivity contribution < 1.29 is 9.59 Å². The molecule has 2 heterocycles. The van der Waals surface area contributed by atoms with Crippen LogP contribution < -0.4 is 5.32 Å². The second-order valence-electron chi connectivity index (χ2n) is 5.67. The van der Waals surface area contributed by atoms with E-state index in [0.717, 1.165) is 13.0 Å². The summed E-state index contributed by atoms with van der Waals surface area (Å²) in [4.78, 5) is 34.2. The van der Waals surface area contributed by atoms with E-state index in [-0.39, 0.29) is 23.8 Å². The SMILES string of the molecule is CCCN1C[C@@H](NC(=O)c2ccnc(C(C)C)n2)CC1=O. The number of hydrogen-bond donors (Lipinski definition) is 1. The molecular weight excluding hydrogens is 268 g/mol. The molecule has 1 aromatic heterocycles. The van der Waals surface area contributed by atoms with Crippen molar-refractivity contribution in [3.63, 3.8) is 0 Å². The molecule has 2 amide bonds. The molecule has 1 aliphatic heterocycles. The van der Waals surface area contributed by atoms with Gasteiger partial charge in [0.15, 0.2) is 0 Å². The fourth-order valence-electron chi connectivity index (χ4n) is 2.39. The topological polar surface area (TPSA) is 75.2 Å². The summed E-state index contributed by atoms with van der Waals surface area (Å²) < 4.78 is 0. The standard InChI is InChI=1S/C15H22N4O2/c1-4-7-19-9-11(8-13(19)20)17-15(21)12-5-6-16-14(18-12)10(2)3/h5-6,10-11H,4,7-9H2,1-3H3,(H,17,21)/t11-/m0/s1. The molecule has 0 aromatic carbocycles. The van der Waals surface area contributed by atoms with Gasteiger partial charge < -0.3 is 10.2 Å². The highest BCUT2D eigenvalue weighted by molar-refractivity contribution is 5.93. The van der Waals surface area contributed by atoms with Gasteiger partial charge in [-0.3, -0.25) is 9.59 Å². The van der Waals surface area contributed by atoms with Gasteiger partial charge in [0.05, 0.1) is 6.04 Å². The first-order valence-corrected chi connectivity index (χ1v) is 7.42. The number of aromatic nitrogens is 2. The molecule has 0 radical (unpaired) electrons. The van der Waals surface area contributed by atoms with E-state index in [9.17, 15) is 9.59 Å². The van der Waals surface area contributed by atoms with E-state index in [1.807, 2.05) is 20.8 Å². The van der Waals surface area contributed by atoms with Gasteiger partial charge in [0.1, 0.15) is 11.5 Å². The smallest absolute Gasteiger partial charge is 0.270 e. The Kier molecular flexibility index (Phi) is 4.88. The second-order valence-corrected chi connectivity index (χ2v) is 5.67. The molecule has 6 nitrogen and oxygen atoms in total. The number of rotatable bonds is 5. The molecule has 0 saturated carbocycles. The van der Waals surface area contributed by atoms with Crippen molar-refractivity contribution in [3.8, 4) is 0 Å². The number of amides is 2. The molecule has 1 aliphatic rings. The Morgan fingerprint density at radius 2 is 2.29 bits per heavy atom. The van der Waals surface area contributed by atoms with Gasteiger partial charge in [-0.2, -0.15) is 0 Å². The van der Waals surface area contributed by atoms with Gasteiger partial charge in [-0.1, -0.05) is 20.8 Å². The van der Waals surface area contributed by atoms with Crippen LogP contribution in [-0.2, 0) is 4.79 Å². The van der Waals surface area contributed by atoms with E-state index < -0.39 is 0 Å². The zero-order valence-corrected chi connectivity index (χ0v) is 12.8. The largest absolute Gasteiger partial charge is 0.346 e. The van der Waals surface area contributed by atoms with Crippen molar-refractivity contribution in [2.45, 2.75) is 45.6 Å². The summed E-state index contributed by atoms with van der Waals surface area (Å²) in [7, 11) is 0. The van der Waals surface area contributed by atoms with Crippen LogP contribution in [0.3, 0.4) is 0 Å². The van der Waals surface area contributed by atoms with Crippen LogP contribution in [0.5, 0.6) is 0 Å². The number of carbonyl (C=O) groups is 2. The normalized spacial score (nSPS) is 18.4. The van der Waals surface area contributed by atoms with Crippen LogP contribution in [0.15, 0.2) is 12.3 Å². The van der Waals surface area contributed by atoms with E-state index in [4.69, 9.17) is 0 Å². The summed E-state index contributed by atoms with van der Waals surface area (Å²) in [5.41, 5.74) is 0.357. The number of likely N-dealkylation sites (tertiary alicyclic amines) is 1. The van der Waals surface area contributed by atoms with Crippen molar-refractivity contribution in [3.05, 3.63) is 23.8 Å². The zero-order chi connectivity index (χ0) is 15.4. The molecule has 1 fully saturated rings. The second kappa shape index (κ2) is 6.65. The Morgan fingerprint density at radius 3 is 2.95 bits per heavy atom. The maximum absolute atomic E-state index is 12.2. The van der Waals surface area contributed by atoms with E-state index in [1.165, 1.54) is 0 Å². The molecule has 1 saturated heterocycles. The third-order valence-electron chi connectivity index (χ3n) is 3.47. The molecule has 6 heteroatoms. The molecule has 0 unspecified atom stereocenters. The van der Waals surface area contributed by atoms with Crippen LogP contribution >= 0.6 is 0 Å². The van der Waals surface area contributed by atoms with E-state index >= 15 is 0 Å². The Labute approximate surface area is 125 Å². The van der Waals surface area contributed by atoms with Crippen molar-refractivity contribution in [1.82, 2.24) is 20.2 Å². The number of nitrogens with one attached hydrogen (secondary N) is 1. The highest BCUT2D eigenvalue weighted by Crippen LogP contribution is 2.13. The lowest BCUT2D eigenvalue weighted by molar-refractivity contribution is -0.127. The number of carbonyl (C=O) groups excluding carboxylic acids is 2. The molecule has 21 heavy (non-hydrogen) atoms. The summed E-state index contributed by atoms with van der Waals surface area (Å²) in [5, 5.41) is 2.89. The van der Waals surface area contributed by atoms with Gasteiger partial charge >= 0.3 is 0 Å². The Morgan fingerprint density at radius 1 is 1.52 bits per heavy atom. The first-order chi connectivity index (χ1) is 10.0. The molecule has 114 valence electrons. The summed E-state index contributed by atoms with van der Waals surface area (Å²) in [5.74, 6) is 0.687.